The van der Waals surface area contributed by atoms with Crippen LogP contribution in [0.25, 0.3) is 11.1 Å². The maximum Gasteiger partial charge on any atom is 0.426 e. The zero-order chi connectivity index (χ0) is 31.9. The lowest BCUT2D eigenvalue weighted by Gasteiger charge is -2.31. The summed E-state index contributed by atoms with van der Waals surface area (Å²) in [5, 5.41) is -0.0356. The van der Waals surface area contributed by atoms with E-state index in [1.54, 1.807) is 54.7 Å². The van der Waals surface area contributed by atoms with Gasteiger partial charge in [-0.25, -0.2) is 19.0 Å². The summed E-state index contributed by atoms with van der Waals surface area (Å²) in [7, 11) is 1.57. The Morgan fingerprint density at radius 2 is 1.72 bits per heavy atom. The van der Waals surface area contributed by atoms with E-state index in [0.717, 1.165) is 16.7 Å². The van der Waals surface area contributed by atoms with Crippen LogP contribution in [0, 0.1) is 17.7 Å². The SMILES string of the molecule is COC[C@H]1C[C@H](C)CSC(N(C(=O)OC(C)(C)C)C(=O)OC(C)(C)C)=N[C@@H](c2cc(-c3cccnc3F)ccc2F)CO1. The van der Waals surface area contributed by atoms with E-state index in [1.807, 2.05) is 6.92 Å². The lowest BCUT2D eigenvalue weighted by Crippen LogP contribution is -2.46. The van der Waals surface area contributed by atoms with Crippen LogP contribution in [0.5, 0.6) is 0 Å². The maximum absolute atomic E-state index is 15.5. The van der Waals surface area contributed by atoms with Crippen LogP contribution in [-0.4, -0.2) is 70.6 Å². The molecule has 0 spiro atoms. The van der Waals surface area contributed by atoms with E-state index in [0.29, 0.717) is 24.3 Å². The van der Waals surface area contributed by atoms with Crippen molar-refractivity contribution in [1.82, 2.24) is 9.88 Å². The van der Waals surface area contributed by atoms with Gasteiger partial charge in [-0.05, 0) is 83.7 Å². The standard InChI is InChI=1S/C31H41F2N3O6S/c1-19-14-21(16-39-8)40-17-25(23-15-20(11-12-24(23)32)22-10-9-13-34-26(22)33)35-27(43-18-19)36(28(37)41-30(2,3)4)29(38)42-31(5,6)7/h9-13,15,19,21,25H,14,16-18H2,1-8H3/t19-,21+,25+/m0/s1. The molecule has 2 amide bonds. The van der Waals surface area contributed by atoms with Crippen molar-refractivity contribution < 1.29 is 37.3 Å². The number of aromatic nitrogens is 1. The Balaban J connectivity index is 2.19. The molecular weight excluding hydrogens is 580 g/mol. The zero-order valence-corrected chi connectivity index (χ0v) is 26.8. The molecule has 1 aliphatic heterocycles. The van der Waals surface area contributed by atoms with E-state index in [4.69, 9.17) is 23.9 Å². The summed E-state index contributed by atoms with van der Waals surface area (Å²) in [6, 6.07) is 6.21. The Bertz CT molecular complexity index is 1280. The van der Waals surface area contributed by atoms with Gasteiger partial charge >= 0.3 is 12.2 Å². The summed E-state index contributed by atoms with van der Waals surface area (Å²) in [4.78, 5) is 36.2. The van der Waals surface area contributed by atoms with Gasteiger partial charge in [0.2, 0.25) is 5.95 Å². The molecule has 3 atom stereocenters. The molecule has 1 aromatic heterocycles. The Kier molecular flexibility index (Phi) is 11.7. The number of carbonyl (C=O) groups excluding carboxylic acids is 2. The third-order valence-electron chi connectivity index (χ3n) is 6.04. The minimum Gasteiger partial charge on any atom is -0.443 e. The molecule has 0 saturated heterocycles. The zero-order valence-electron chi connectivity index (χ0n) is 26.0. The van der Waals surface area contributed by atoms with Gasteiger partial charge in [0.15, 0.2) is 5.17 Å². The quantitative estimate of drug-likeness (QED) is 0.326. The number of methoxy groups -OCH3 is 1. The number of halogens is 2. The molecule has 1 aliphatic rings. The highest BCUT2D eigenvalue weighted by molar-refractivity contribution is 8.13. The van der Waals surface area contributed by atoms with Crippen LogP contribution in [0.3, 0.4) is 0 Å². The van der Waals surface area contributed by atoms with E-state index < -0.39 is 41.2 Å². The molecule has 9 nitrogen and oxygen atoms in total. The average molecular weight is 622 g/mol. The number of carbonyl (C=O) groups is 2. The number of hydrogen-bond donors (Lipinski definition) is 0. The highest BCUT2D eigenvalue weighted by Gasteiger charge is 2.37. The fourth-order valence-corrected chi connectivity index (χ4v) is 5.28. The molecule has 236 valence electrons. The van der Waals surface area contributed by atoms with Crippen molar-refractivity contribution in [3.8, 4) is 11.1 Å². The first kappa shape index (κ1) is 34.4. The summed E-state index contributed by atoms with van der Waals surface area (Å²) in [6.45, 7) is 12.2. The number of imide groups is 1. The molecule has 0 fully saturated rings. The summed E-state index contributed by atoms with van der Waals surface area (Å²) in [5.74, 6) is -0.818. The number of ether oxygens (including phenoxy) is 4. The fraction of sp³-hybridized carbons (Fsp3) is 0.548. The summed E-state index contributed by atoms with van der Waals surface area (Å²) in [5.41, 5.74) is -1.23. The second kappa shape index (κ2) is 14.6. The number of benzene rings is 1. The molecule has 0 unspecified atom stereocenters. The topological polar surface area (TPSA) is 99.5 Å². The number of nitrogens with zero attached hydrogens (tertiary/aromatic N) is 3. The molecular formula is C31H41F2N3O6S. The molecule has 43 heavy (non-hydrogen) atoms. The average Bonchev–Trinajstić information content (AvgIpc) is 2.88. The van der Waals surface area contributed by atoms with Crippen LogP contribution in [0.2, 0.25) is 0 Å². The number of amides is 2. The second-order valence-corrected chi connectivity index (χ2v) is 13.4. The van der Waals surface area contributed by atoms with Gasteiger partial charge < -0.3 is 18.9 Å². The van der Waals surface area contributed by atoms with Crippen LogP contribution in [0.1, 0.15) is 66.5 Å². The number of aliphatic imine (C=N–C) groups is 1. The van der Waals surface area contributed by atoms with Crippen LogP contribution < -0.4 is 0 Å². The molecule has 0 radical (unpaired) electrons. The van der Waals surface area contributed by atoms with Crippen LogP contribution in [0.4, 0.5) is 18.4 Å². The van der Waals surface area contributed by atoms with Gasteiger partial charge in [-0.3, -0.25) is 4.99 Å². The highest BCUT2D eigenvalue weighted by atomic mass is 32.2. The minimum atomic E-state index is -1.04. The van der Waals surface area contributed by atoms with Gasteiger partial charge in [0, 0.05) is 30.2 Å². The number of rotatable bonds is 4. The van der Waals surface area contributed by atoms with Gasteiger partial charge in [0.05, 0.1) is 19.3 Å². The fourth-order valence-electron chi connectivity index (χ4n) is 4.23. The van der Waals surface area contributed by atoms with Gasteiger partial charge in [-0.15, -0.1) is 0 Å². The third-order valence-corrected chi connectivity index (χ3v) is 7.32. The van der Waals surface area contributed by atoms with Gasteiger partial charge in [-0.2, -0.15) is 9.29 Å². The van der Waals surface area contributed by atoms with E-state index >= 15 is 4.39 Å². The first-order chi connectivity index (χ1) is 20.1. The number of hydrogen-bond acceptors (Lipinski definition) is 9. The number of thioether (sulfide) groups is 1. The van der Waals surface area contributed by atoms with Crippen LogP contribution in [0.15, 0.2) is 41.5 Å². The van der Waals surface area contributed by atoms with Gasteiger partial charge in [0.1, 0.15) is 23.1 Å². The van der Waals surface area contributed by atoms with E-state index in [9.17, 15) is 14.0 Å². The van der Waals surface area contributed by atoms with Crippen molar-refractivity contribution in [3.05, 3.63) is 53.9 Å². The maximum atomic E-state index is 15.5. The minimum absolute atomic E-state index is 0.0356. The molecule has 0 saturated carbocycles. The molecule has 2 aromatic rings. The third kappa shape index (κ3) is 10.3. The summed E-state index contributed by atoms with van der Waals surface area (Å²) in [6.07, 6.45) is -0.356. The second-order valence-electron chi connectivity index (χ2n) is 12.4. The van der Waals surface area contributed by atoms with Gasteiger partial charge in [0.25, 0.3) is 0 Å². The Morgan fingerprint density at radius 3 is 2.30 bits per heavy atom. The van der Waals surface area contributed by atoms with Crippen LogP contribution >= 0.6 is 11.8 Å². The van der Waals surface area contributed by atoms with E-state index in [-0.39, 0.29) is 34.9 Å². The normalized spacial score (nSPS) is 20.1. The van der Waals surface area contributed by atoms with Crippen molar-refractivity contribution in [2.75, 3.05) is 26.1 Å². The molecule has 1 aromatic carbocycles. The Labute approximate surface area is 256 Å². The monoisotopic (exact) mass is 621 g/mol. The Morgan fingerprint density at radius 1 is 1.07 bits per heavy atom. The Hall–Kier alpha value is -3.09. The molecule has 0 N–H and O–H groups in total. The lowest BCUT2D eigenvalue weighted by molar-refractivity contribution is -0.0179. The molecule has 3 rings (SSSR count). The molecule has 12 heteroatoms. The lowest BCUT2D eigenvalue weighted by atomic mass is 10.00. The van der Waals surface area contributed by atoms with Gasteiger partial charge in [-0.1, -0.05) is 24.8 Å². The van der Waals surface area contributed by atoms with E-state index in [1.165, 1.54) is 30.5 Å². The number of amidine groups is 1. The van der Waals surface area contributed by atoms with Crippen molar-refractivity contribution in [1.29, 1.82) is 0 Å². The molecule has 0 bridgehead atoms. The van der Waals surface area contributed by atoms with Crippen molar-refractivity contribution in [2.24, 2.45) is 10.9 Å². The molecule has 2 heterocycles. The molecule has 0 aliphatic carbocycles. The highest BCUT2D eigenvalue weighted by Crippen LogP contribution is 2.32. The first-order valence-electron chi connectivity index (χ1n) is 14.1. The first-order valence-corrected chi connectivity index (χ1v) is 15.0. The van der Waals surface area contributed by atoms with Crippen LogP contribution in [-0.2, 0) is 18.9 Å². The summed E-state index contributed by atoms with van der Waals surface area (Å²) >= 11 is 1.16. The predicted octanol–water partition coefficient (Wildman–Crippen LogP) is 7.40. The number of pyridine rings is 1. The smallest absolute Gasteiger partial charge is 0.426 e. The van der Waals surface area contributed by atoms with E-state index in [2.05, 4.69) is 4.98 Å². The van der Waals surface area contributed by atoms with Crippen molar-refractivity contribution in [3.63, 3.8) is 0 Å². The van der Waals surface area contributed by atoms with Crippen molar-refractivity contribution in [2.45, 2.75) is 78.2 Å². The van der Waals surface area contributed by atoms with Crippen molar-refractivity contribution >= 4 is 29.1 Å². The predicted molar refractivity (Wildman–Crippen MR) is 162 cm³/mol. The largest absolute Gasteiger partial charge is 0.443 e. The summed E-state index contributed by atoms with van der Waals surface area (Å²) < 4.78 is 52.8.